The minimum Gasteiger partial charge on any atom is -0.393 e. The predicted molar refractivity (Wildman–Crippen MR) is 160 cm³/mol. The SMILES string of the molecule is Nc1ncnc2c1ncn2[C@@H]1O[C@H](COP(O)(=S)O[C@@H]2C[C@](CO)(CF)O[C@H]2n2cnc3c(=O)[nH]ccc32)[C@@H](O[PH](O)=S)[C@@H]1F. The number of rotatable bonds is 11. The first-order valence-electron chi connectivity index (χ1n) is 13.1. The summed E-state index contributed by atoms with van der Waals surface area (Å²) >= 11 is 10.0. The Balaban J connectivity index is 1.22. The minimum atomic E-state index is -4.23. The number of nitrogen functional groups attached to an aromatic ring is 1. The summed E-state index contributed by atoms with van der Waals surface area (Å²) in [6.45, 7) is -6.66. The van der Waals surface area contributed by atoms with Crippen molar-refractivity contribution in [2.24, 2.45) is 0 Å². The molecule has 2 saturated heterocycles. The van der Waals surface area contributed by atoms with E-state index in [1.807, 2.05) is 0 Å². The van der Waals surface area contributed by atoms with Gasteiger partial charge in [-0.05, 0) is 29.7 Å². The number of H-pyrrole nitrogens is 1. The van der Waals surface area contributed by atoms with E-state index in [2.05, 4.69) is 24.9 Å². The van der Waals surface area contributed by atoms with Crippen molar-refractivity contribution >= 4 is 65.5 Å². The van der Waals surface area contributed by atoms with Crippen molar-refractivity contribution in [3.05, 3.63) is 41.6 Å². The van der Waals surface area contributed by atoms with Crippen LogP contribution in [-0.4, -0.2) is 98.9 Å². The average molecular weight is 711 g/mol. The Morgan fingerprint density at radius 1 is 1.24 bits per heavy atom. The maximum Gasteiger partial charge on any atom is 0.325 e. The average Bonchev–Trinajstić information content (AvgIpc) is 3.77. The number of alkyl halides is 2. The number of pyridine rings is 1. The molecule has 0 aromatic carbocycles. The number of halogens is 2. The van der Waals surface area contributed by atoms with Crippen LogP contribution in [0.2, 0.25) is 0 Å². The molecule has 45 heavy (non-hydrogen) atoms. The maximum atomic E-state index is 15.7. The Kier molecular flexibility index (Phi) is 9.16. The molecule has 0 aliphatic carbocycles. The van der Waals surface area contributed by atoms with Crippen LogP contribution in [0.4, 0.5) is 14.6 Å². The Morgan fingerprint density at radius 2 is 2.00 bits per heavy atom. The first kappa shape index (κ1) is 32.5. The van der Waals surface area contributed by atoms with Gasteiger partial charge in [-0.15, -0.1) is 0 Å². The maximum absolute atomic E-state index is 15.7. The zero-order valence-corrected chi connectivity index (χ0v) is 26.3. The van der Waals surface area contributed by atoms with Gasteiger partial charge in [0.25, 0.3) is 5.56 Å². The molecule has 4 aromatic heterocycles. The Bertz CT molecular complexity index is 1840. The number of fused-ring (bicyclic) bond motifs is 2. The van der Waals surface area contributed by atoms with E-state index in [1.165, 1.54) is 40.4 Å². The van der Waals surface area contributed by atoms with Gasteiger partial charge < -0.3 is 53.2 Å². The second-order valence-electron chi connectivity index (χ2n) is 10.2. The third-order valence-corrected chi connectivity index (χ3v) is 9.76. The molecule has 2 unspecified atom stereocenters. The normalized spacial score (nSPS) is 30.7. The number of aliphatic hydroxyl groups excluding tert-OH is 1. The Morgan fingerprint density at radius 3 is 2.73 bits per heavy atom. The van der Waals surface area contributed by atoms with Crippen LogP contribution in [0.15, 0.2) is 36.0 Å². The van der Waals surface area contributed by atoms with Crippen LogP contribution in [0.25, 0.3) is 22.2 Å². The van der Waals surface area contributed by atoms with Gasteiger partial charge in [0.1, 0.15) is 42.4 Å². The van der Waals surface area contributed by atoms with Crippen molar-refractivity contribution in [1.82, 2.24) is 34.1 Å². The van der Waals surface area contributed by atoms with Crippen molar-refractivity contribution in [2.75, 3.05) is 25.6 Å². The number of hydrogen-bond donors (Lipinski definition) is 5. The predicted octanol–water partition coefficient (Wildman–Crippen LogP) is 0.504. The van der Waals surface area contributed by atoms with Crippen molar-refractivity contribution in [2.45, 2.75) is 49.0 Å². The summed E-state index contributed by atoms with van der Waals surface area (Å²) in [5.41, 5.74) is 4.37. The largest absolute Gasteiger partial charge is 0.393 e. The molecule has 6 heterocycles. The van der Waals surface area contributed by atoms with Gasteiger partial charge in [0.05, 0.1) is 31.4 Å². The molecule has 0 amide bonds. The molecular weight excluding hydrogens is 684 g/mol. The fraction of sp³-hybridized carbons (Fsp3) is 0.500. The second-order valence-corrected chi connectivity index (χ2v) is 14.8. The molecule has 244 valence electrons. The van der Waals surface area contributed by atoms with Gasteiger partial charge in [-0.1, -0.05) is 0 Å². The third kappa shape index (κ3) is 6.20. The summed E-state index contributed by atoms with van der Waals surface area (Å²) in [4.78, 5) is 51.7. The highest BCUT2D eigenvalue weighted by atomic mass is 32.5. The van der Waals surface area contributed by atoms with Crippen molar-refractivity contribution in [3.8, 4) is 0 Å². The monoisotopic (exact) mass is 710 g/mol. The van der Waals surface area contributed by atoms with Crippen LogP contribution >= 0.6 is 13.9 Å². The zero-order chi connectivity index (χ0) is 32.1. The zero-order valence-electron chi connectivity index (χ0n) is 22.8. The molecule has 23 heteroatoms. The van der Waals surface area contributed by atoms with E-state index >= 15 is 4.39 Å². The fourth-order valence-electron chi connectivity index (χ4n) is 5.32. The van der Waals surface area contributed by atoms with E-state index < -0.39 is 81.9 Å². The van der Waals surface area contributed by atoms with Crippen molar-refractivity contribution in [1.29, 1.82) is 0 Å². The molecule has 0 saturated carbocycles. The number of ether oxygens (including phenoxy) is 2. The van der Waals surface area contributed by atoms with Crippen molar-refractivity contribution < 1.29 is 46.7 Å². The molecule has 0 spiro atoms. The number of nitrogens with zero attached hydrogens (tertiary/aromatic N) is 6. The molecule has 17 nitrogen and oxygen atoms in total. The van der Waals surface area contributed by atoms with Gasteiger partial charge in [-0.3, -0.25) is 9.36 Å². The molecule has 2 aliphatic rings. The van der Waals surface area contributed by atoms with Crippen LogP contribution in [0, 0.1) is 0 Å². The van der Waals surface area contributed by atoms with E-state index in [0.717, 1.165) is 0 Å². The number of imidazole rings is 2. The lowest BCUT2D eigenvalue weighted by Gasteiger charge is -2.26. The molecule has 9 atom stereocenters. The molecule has 6 N–H and O–H groups in total. The van der Waals surface area contributed by atoms with Crippen LogP contribution in [0.1, 0.15) is 18.9 Å². The third-order valence-electron chi connectivity index (χ3n) is 7.41. The lowest BCUT2D eigenvalue weighted by atomic mass is 10.0. The van der Waals surface area contributed by atoms with Crippen LogP contribution in [0.3, 0.4) is 0 Å². The quantitative estimate of drug-likeness (QED) is 0.134. The number of hydrogen-bond acceptors (Lipinski definition) is 14. The number of nitrogens with one attached hydrogen (secondary N) is 1. The minimum absolute atomic E-state index is 0.0621. The molecule has 2 aliphatic heterocycles. The molecule has 6 rings (SSSR count). The lowest BCUT2D eigenvalue weighted by molar-refractivity contribution is -0.115. The van der Waals surface area contributed by atoms with Gasteiger partial charge in [0.15, 0.2) is 42.8 Å². The van der Waals surface area contributed by atoms with E-state index in [1.54, 1.807) is 0 Å². The summed E-state index contributed by atoms with van der Waals surface area (Å²) < 4.78 is 60.8. The molecule has 4 aromatic rings. The summed E-state index contributed by atoms with van der Waals surface area (Å²) in [5.74, 6) is 0.0621. The summed E-state index contributed by atoms with van der Waals surface area (Å²) in [6.07, 6.45) is -3.60. The molecule has 0 radical (unpaired) electrons. The number of anilines is 1. The highest BCUT2D eigenvalue weighted by Crippen LogP contribution is 2.52. The van der Waals surface area contributed by atoms with Crippen molar-refractivity contribution in [3.63, 3.8) is 0 Å². The number of aromatic amines is 1. The molecular formula is C22H26F2N8O9P2S2. The number of aliphatic hydroxyl groups is 1. The highest BCUT2D eigenvalue weighted by molar-refractivity contribution is 8.07. The standard InChI is InChI=1S/C22H26F2N8O9P2S2/c23-5-22(6-33)3-11(20(39-22)31-8-29-14-10(31)1-2-26-19(14)34)41-43(36,45)37-4-12-16(40-42(35)44)13(24)21(38-12)32-9-30-15-17(25)27-7-28-18(15)32/h1-2,7-9,11-13,16,20-21,33,42H,3-6H2,(H,26,34)(H,35,44)(H,36,45)(H2,25,27,28)/t11-,12-,13+,16-,20-,21-,22-,43?/m1/s1. The number of nitrogens with two attached hydrogens (primary N) is 1. The van der Waals surface area contributed by atoms with E-state index in [-0.39, 0.29) is 28.9 Å². The lowest BCUT2D eigenvalue weighted by Crippen LogP contribution is -2.35. The smallest absolute Gasteiger partial charge is 0.325 e. The Labute approximate surface area is 262 Å². The van der Waals surface area contributed by atoms with E-state index in [9.17, 15) is 24.1 Å². The van der Waals surface area contributed by atoms with E-state index in [0.29, 0.717) is 5.52 Å². The summed E-state index contributed by atoms with van der Waals surface area (Å²) in [7, 11) is -2.85. The number of aromatic nitrogens is 7. The topological polar surface area (TPSA) is 227 Å². The van der Waals surface area contributed by atoms with Crippen LogP contribution < -0.4 is 11.3 Å². The van der Waals surface area contributed by atoms with Gasteiger partial charge in [-0.2, -0.15) is 0 Å². The van der Waals surface area contributed by atoms with Crippen LogP contribution in [-0.2, 0) is 46.7 Å². The van der Waals surface area contributed by atoms with E-state index in [4.69, 9.17) is 52.4 Å². The summed E-state index contributed by atoms with van der Waals surface area (Å²) in [6, 6.07) is 1.53. The Hall–Kier alpha value is -2.39. The molecule has 2 fully saturated rings. The van der Waals surface area contributed by atoms with Gasteiger partial charge in [0, 0.05) is 12.6 Å². The first-order valence-corrected chi connectivity index (χ1v) is 18.2. The highest BCUT2D eigenvalue weighted by Gasteiger charge is 2.51. The van der Waals surface area contributed by atoms with Gasteiger partial charge in [-0.25, -0.2) is 28.7 Å². The summed E-state index contributed by atoms with van der Waals surface area (Å²) in [5, 5.41) is 9.94. The van der Waals surface area contributed by atoms with Gasteiger partial charge in [0.2, 0.25) is 0 Å². The van der Waals surface area contributed by atoms with Gasteiger partial charge >= 0.3 is 6.72 Å². The molecule has 0 bridgehead atoms. The second kappa shape index (κ2) is 12.7. The van der Waals surface area contributed by atoms with Crippen LogP contribution in [0.5, 0.6) is 0 Å². The fourth-order valence-corrected chi connectivity index (χ4v) is 7.59. The first-order chi connectivity index (χ1) is 21.5.